The zero-order valence-corrected chi connectivity index (χ0v) is 17.7. The molecule has 1 heterocycles. The zero-order valence-electron chi connectivity index (χ0n) is 16.1. The highest BCUT2D eigenvalue weighted by molar-refractivity contribution is 7.89. The number of carbonyl (C=O) groups excluding carboxylic acids is 1. The second kappa shape index (κ2) is 9.84. The van der Waals surface area contributed by atoms with Crippen molar-refractivity contribution in [2.45, 2.75) is 37.7 Å². The SMILES string of the molecule is CN(CC(C)(C)CN)C(=O)c1ccc(S(=O)(=O)NCC2CCCO2)cc1.Cl. The third kappa shape index (κ3) is 6.73. The molecule has 1 unspecified atom stereocenters. The van der Waals surface area contributed by atoms with E-state index in [1.54, 1.807) is 11.9 Å². The number of nitrogens with one attached hydrogen (secondary N) is 1. The Balaban J connectivity index is 0.00000364. The van der Waals surface area contributed by atoms with Gasteiger partial charge < -0.3 is 15.4 Å². The van der Waals surface area contributed by atoms with Crippen molar-refractivity contribution in [3.63, 3.8) is 0 Å². The molecule has 1 atom stereocenters. The summed E-state index contributed by atoms with van der Waals surface area (Å²) in [5.41, 5.74) is 5.98. The molecule has 0 aliphatic carbocycles. The first-order valence-electron chi connectivity index (χ1n) is 8.81. The van der Waals surface area contributed by atoms with Gasteiger partial charge in [-0.15, -0.1) is 12.4 Å². The summed E-state index contributed by atoms with van der Waals surface area (Å²) in [5, 5.41) is 0. The molecule has 0 saturated carbocycles. The predicted molar refractivity (Wildman–Crippen MR) is 108 cm³/mol. The molecule has 27 heavy (non-hydrogen) atoms. The van der Waals surface area contributed by atoms with Crippen LogP contribution in [0.5, 0.6) is 0 Å². The van der Waals surface area contributed by atoms with Crippen LogP contribution >= 0.6 is 12.4 Å². The molecule has 1 saturated heterocycles. The number of rotatable bonds is 8. The normalized spacial score (nSPS) is 17.4. The van der Waals surface area contributed by atoms with Crippen molar-refractivity contribution in [2.24, 2.45) is 11.1 Å². The number of hydrogen-bond acceptors (Lipinski definition) is 5. The summed E-state index contributed by atoms with van der Waals surface area (Å²) in [5.74, 6) is -0.164. The first kappa shape index (κ1) is 23.8. The van der Waals surface area contributed by atoms with Crippen molar-refractivity contribution in [3.05, 3.63) is 29.8 Å². The summed E-state index contributed by atoms with van der Waals surface area (Å²) < 4.78 is 32.7. The molecule has 9 heteroatoms. The second-order valence-corrected chi connectivity index (χ2v) is 9.31. The number of sulfonamides is 1. The van der Waals surface area contributed by atoms with Crippen molar-refractivity contribution < 1.29 is 17.9 Å². The number of nitrogens with zero attached hydrogens (tertiary/aromatic N) is 1. The number of nitrogens with two attached hydrogens (primary N) is 1. The number of ether oxygens (including phenoxy) is 1. The molecule has 0 radical (unpaired) electrons. The van der Waals surface area contributed by atoms with Gasteiger partial charge in [0.1, 0.15) is 0 Å². The molecule has 1 amide bonds. The predicted octanol–water partition coefficient (Wildman–Crippen LogP) is 1.62. The minimum atomic E-state index is -3.61. The highest BCUT2D eigenvalue weighted by atomic mass is 35.5. The molecule has 1 aliphatic rings. The number of amides is 1. The molecule has 1 aromatic rings. The lowest BCUT2D eigenvalue weighted by Gasteiger charge is -2.29. The fraction of sp³-hybridized carbons (Fsp3) is 0.611. The number of hydrogen-bond donors (Lipinski definition) is 2. The van der Waals surface area contributed by atoms with Crippen molar-refractivity contribution in [1.82, 2.24) is 9.62 Å². The van der Waals surface area contributed by atoms with E-state index in [4.69, 9.17) is 10.5 Å². The lowest BCUT2D eigenvalue weighted by atomic mass is 9.93. The first-order valence-corrected chi connectivity index (χ1v) is 10.3. The van der Waals surface area contributed by atoms with Crippen LogP contribution in [0.1, 0.15) is 37.0 Å². The maximum atomic E-state index is 12.5. The third-order valence-electron chi connectivity index (χ3n) is 4.50. The fourth-order valence-corrected chi connectivity index (χ4v) is 3.93. The van der Waals surface area contributed by atoms with E-state index in [1.807, 2.05) is 13.8 Å². The van der Waals surface area contributed by atoms with E-state index in [9.17, 15) is 13.2 Å². The Labute approximate surface area is 168 Å². The summed E-state index contributed by atoms with van der Waals surface area (Å²) in [6.07, 6.45) is 1.75. The molecular weight excluding hydrogens is 390 g/mol. The lowest BCUT2D eigenvalue weighted by Crippen LogP contribution is -2.39. The van der Waals surface area contributed by atoms with Crippen molar-refractivity contribution in [1.29, 1.82) is 0 Å². The van der Waals surface area contributed by atoms with E-state index in [0.29, 0.717) is 25.3 Å². The van der Waals surface area contributed by atoms with Gasteiger partial charge in [-0.25, -0.2) is 13.1 Å². The van der Waals surface area contributed by atoms with Crippen molar-refractivity contribution >= 4 is 28.3 Å². The zero-order chi connectivity index (χ0) is 19.4. The summed E-state index contributed by atoms with van der Waals surface area (Å²) >= 11 is 0. The van der Waals surface area contributed by atoms with Gasteiger partial charge in [0.05, 0.1) is 11.0 Å². The summed E-state index contributed by atoms with van der Waals surface area (Å²) in [4.78, 5) is 14.2. The molecule has 1 fully saturated rings. The number of benzene rings is 1. The second-order valence-electron chi connectivity index (χ2n) is 7.54. The first-order chi connectivity index (χ1) is 12.1. The third-order valence-corrected chi connectivity index (χ3v) is 5.94. The molecule has 2 rings (SSSR count). The van der Waals surface area contributed by atoms with Gasteiger partial charge in [-0.1, -0.05) is 13.8 Å². The van der Waals surface area contributed by atoms with Crippen LogP contribution < -0.4 is 10.5 Å². The summed E-state index contributed by atoms with van der Waals surface area (Å²) in [6, 6.07) is 5.98. The van der Waals surface area contributed by atoms with Gasteiger partial charge in [-0.2, -0.15) is 0 Å². The highest BCUT2D eigenvalue weighted by Crippen LogP contribution is 2.17. The summed E-state index contributed by atoms with van der Waals surface area (Å²) in [6.45, 7) is 5.92. The van der Waals surface area contributed by atoms with E-state index in [0.717, 1.165) is 12.8 Å². The quantitative estimate of drug-likeness (QED) is 0.666. The molecular formula is C18H30ClN3O4S. The molecule has 3 N–H and O–H groups in total. The molecule has 1 aliphatic heterocycles. The fourth-order valence-electron chi connectivity index (χ4n) is 2.87. The van der Waals surface area contributed by atoms with E-state index < -0.39 is 10.0 Å². The van der Waals surface area contributed by atoms with Crippen molar-refractivity contribution in [3.8, 4) is 0 Å². The van der Waals surface area contributed by atoms with Crippen LogP contribution in [0.25, 0.3) is 0 Å². The Bertz CT molecular complexity index is 717. The average Bonchev–Trinajstić information content (AvgIpc) is 3.13. The van der Waals surface area contributed by atoms with Crippen LogP contribution in [0.4, 0.5) is 0 Å². The molecule has 0 bridgehead atoms. The van der Waals surface area contributed by atoms with Gasteiger partial charge in [0, 0.05) is 32.3 Å². The van der Waals surface area contributed by atoms with E-state index in [2.05, 4.69) is 4.72 Å². The van der Waals surface area contributed by atoms with Crippen LogP contribution in [0, 0.1) is 5.41 Å². The van der Waals surface area contributed by atoms with Gasteiger partial charge in [0.2, 0.25) is 10.0 Å². The van der Waals surface area contributed by atoms with Gasteiger partial charge in [0.25, 0.3) is 5.91 Å². The monoisotopic (exact) mass is 419 g/mol. The Morgan fingerprint density at radius 2 is 1.96 bits per heavy atom. The van der Waals surface area contributed by atoms with Crippen LogP contribution in [-0.2, 0) is 14.8 Å². The minimum absolute atomic E-state index is 0. The van der Waals surface area contributed by atoms with Gasteiger partial charge in [0.15, 0.2) is 0 Å². The van der Waals surface area contributed by atoms with Crippen LogP contribution in [0.15, 0.2) is 29.2 Å². The standard InChI is InChI=1S/C18H29N3O4S.ClH/c1-18(2,12-19)13-21(3)17(22)14-6-8-16(9-7-14)26(23,24)20-11-15-5-4-10-25-15;/h6-9,15,20H,4-5,10-13,19H2,1-3H3;1H. The lowest BCUT2D eigenvalue weighted by molar-refractivity contribution is 0.0740. The van der Waals surface area contributed by atoms with E-state index in [1.165, 1.54) is 24.3 Å². The Morgan fingerprint density at radius 3 is 2.48 bits per heavy atom. The van der Waals surface area contributed by atoms with E-state index in [-0.39, 0.29) is 41.3 Å². The smallest absolute Gasteiger partial charge is 0.253 e. The van der Waals surface area contributed by atoms with Crippen LogP contribution in [-0.4, -0.2) is 58.6 Å². The molecule has 1 aromatic carbocycles. The van der Waals surface area contributed by atoms with E-state index >= 15 is 0 Å². The Morgan fingerprint density at radius 1 is 1.33 bits per heavy atom. The molecule has 7 nitrogen and oxygen atoms in total. The largest absolute Gasteiger partial charge is 0.377 e. The number of halogens is 1. The molecule has 0 spiro atoms. The molecule has 0 aromatic heterocycles. The Kier molecular flexibility index (Phi) is 8.69. The highest BCUT2D eigenvalue weighted by Gasteiger charge is 2.23. The average molecular weight is 420 g/mol. The van der Waals surface area contributed by atoms with Gasteiger partial charge >= 0.3 is 0 Å². The van der Waals surface area contributed by atoms with Gasteiger partial charge in [-0.05, 0) is 49.1 Å². The summed E-state index contributed by atoms with van der Waals surface area (Å²) in [7, 11) is -1.90. The molecule has 154 valence electrons. The topological polar surface area (TPSA) is 102 Å². The number of carbonyl (C=O) groups is 1. The maximum absolute atomic E-state index is 12.5. The maximum Gasteiger partial charge on any atom is 0.253 e. The van der Waals surface area contributed by atoms with Crippen LogP contribution in [0.3, 0.4) is 0 Å². The van der Waals surface area contributed by atoms with Crippen LogP contribution in [0.2, 0.25) is 0 Å². The van der Waals surface area contributed by atoms with Crippen molar-refractivity contribution in [2.75, 3.05) is 33.3 Å². The minimum Gasteiger partial charge on any atom is -0.377 e. The Hall–Kier alpha value is -1.19. The van der Waals surface area contributed by atoms with Gasteiger partial charge in [-0.3, -0.25) is 4.79 Å².